The van der Waals surface area contributed by atoms with E-state index in [9.17, 15) is 17.9 Å². The summed E-state index contributed by atoms with van der Waals surface area (Å²) in [5, 5.41) is 9.73. The van der Waals surface area contributed by atoms with Gasteiger partial charge in [-0.25, -0.2) is 27.2 Å². The van der Waals surface area contributed by atoms with Gasteiger partial charge in [-0.3, -0.25) is 4.72 Å². The molecule has 4 rings (SSSR count). The Labute approximate surface area is 182 Å². The van der Waals surface area contributed by atoms with Crippen LogP contribution in [0.5, 0.6) is 0 Å². The van der Waals surface area contributed by atoms with E-state index in [-0.39, 0.29) is 22.6 Å². The lowest BCUT2D eigenvalue weighted by Crippen LogP contribution is -2.17. The third-order valence-corrected chi connectivity index (χ3v) is 6.40. The summed E-state index contributed by atoms with van der Waals surface area (Å²) in [7, 11) is -2.79. The number of aliphatic hydroxyl groups is 1. The molecule has 0 fully saturated rings. The van der Waals surface area contributed by atoms with E-state index in [0.717, 1.165) is 6.07 Å². The van der Waals surface area contributed by atoms with Crippen molar-refractivity contribution in [3.63, 3.8) is 0 Å². The van der Waals surface area contributed by atoms with Gasteiger partial charge < -0.3 is 15.4 Å². The molecule has 0 aliphatic heterocycles. The van der Waals surface area contributed by atoms with E-state index in [1.165, 1.54) is 30.6 Å². The molecule has 0 amide bonds. The van der Waals surface area contributed by atoms with E-state index in [1.807, 2.05) is 0 Å². The molecule has 0 bridgehead atoms. The standard InChI is InChI=1S/C21H19F2N5O3S/c1-11-6-12(9-29)18(22)16(7-11)32(30,31)27-15-5-3-4-13(19(15)23)14-8-28(2)21-17(14)20(24)25-10-26-21/h3-8,10,27,29H,9H2,1-2H3,(H2,24,25,26). The van der Waals surface area contributed by atoms with Crippen molar-refractivity contribution in [1.82, 2.24) is 14.5 Å². The number of aliphatic hydroxyl groups excluding tert-OH is 1. The number of nitrogens with two attached hydrogens (primary N) is 1. The van der Waals surface area contributed by atoms with E-state index < -0.39 is 33.2 Å². The Morgan fingerprint density at radius 2 is 1.91 bits per heavy atom. The molecule has 0 saturated heterocycles. The predicted octanol–water partition coefficient (Wildman–Crippen LogP) is 3.10. The van der Waals surface area contributed by atoms with Crippen LogP contribution in [0.15, 0.2) is 47.8 Å². The average molecular weight is 459 g/mol. The summed E-state index contributed by atoms with van der Waals surface area (Å²) in [6, 6.07) is 6.60. The minimum absolute atomic E-state index is 0.0676. The van der Waals surface area contributed by atoms with E-state index in [2.05, 4.69) is 14.7 Å². The second-order valence-electron chi connectivity index (χ2n) is 7.28. The van der Waals surface area contributed by atoms with Gasteiger partial charge in [0.2, 0.25) is 0 Å². The maximum atomic E-state index is 15.4. The molecule has 0 unspecified atom stereocenters. The smallest absolute Gasteiger partial charge is 0.264 e. The fourth-order valence-corrected chi connectivity index (χ4v) is 4.84. The zero-order valence-corrected chi connectivity index (χ0v) is 17.9. The first kappa shape index (κ1) is 21.7. The van der Waals surface area contributed by atoms with Gasteiger partial charge in [0, 0.05) is 29.9 Å². The minimum atomic E-state index is -4.50. The number of benzene rings is 2. The highest BCUT2D eigenvalue weighted by molar-refractivity contribution is 7.92. The van der Waals surface area contributed by atoms with Crippen molar-refractivity contribution >= 4 is 32.6 Å². The topological polar surface area (TPSA) is 123 Å². The van der Waals surface area contributed by atoms with E-state index in [0.29, 0.717) is 22.2 Å². The normalized spacial score (nSPS) is 11.8. The number of fused-ring (bicyclic) bond motifs is 1. The quantitative estimate of drug-likeness (QED) is 0.421. The van der Waals surface area contributed by atoms with Crippen LogP contribution in [0.4, 0.5) is 20.3 Å². The summed E-state index contributed by atoms with van der Waals surface area (Å²) >= 11 is 0. The third-order valence-electron chi connectivity index (χ3n) is 5.03. The molecule has 4 aromatic rings. The van der Waals surface area contributed by atoms with Crippen molar-refractivity contribution in [2.75, 3.05) is 10.5 Å². The van der Waals surface area contributed by atoms with E-state index in [1.54, 1.807) is 24.7 Å². The van der Waals surface area contributed by atoms with Crippen molar-refractivity contribution in [2.24, 2.45) is 7.05 Å². The number of nitrogens with one attached hydrogen (secondary N) is 1. The van der Waals surface area contributed by atoms with Gasteiger partial charge in [-0.15, -0.1) is 0 Å². The number of hydrogen-bond acceptors (Lipinski definition) is 6. The number of sulfonamides is 1. The first-order chi connectivity index (χ1) is 15.1. The average Bonchev–Trinajstić information content (AvgIpc) is 3.08. The molecule has 11 heteroatoms. The van der Waals surface area contributed by atoms with Gasteiger partial charge >= 0.3 is 0 Å². The van der Waals surface area contributed by atoms with Crippen LogP contribution in [0.3, 0.4) is 0 Å². The number of aryl methyl sites for hydroxylation is 2. The first-order valence-corrected chi connectivity index (χ1v) is 10.9. The molecule has 2 heterocycles. The molecule has 0 saturated carbocycles. The van der Waals surface area contributed by atoms with Gasteiger partial charge in [0.05, 0.1) is 17.7 Å². The fraction of sp³-hybridized carbons (Fsp3) is 0.143. The Morgan fingerprint density at radius 1 is 1.16 bits per heavy atom. The van der Waals surface area contributed by atoms with Crippen LogP contribution in [0.25, 0.3) is 22.2 Å². The van der Waals surface area contributed by atoms with Crippen molar-refractivity contribution in [2.45, 2.75) is 18.4 Å². The molecule has 2 aromatic carbocycles. The molecular weight excluding hydrogens is 440 g/mol. The zero-order valence-electron chi connectivity index (χ0n) is 17.1. The number of halogens is 2. The number of hydrogen-bond donors (Lipinski definition) is 3. The van der Waals surface area contributed by atoms with Crippen LogP contribution in [-0.2, 0) is 23.7 Å². The van der Waals surface area contributed by atoms with Gasteiger partial charge in [0.1, 0.15) is 28.5 Å². The van der Waals surface area contributed by atoms with Crippen LogP contribution >= 0.6 is 0 Å². The SMILES string of the molecule is Cc1cc(CO)c(F)c(S(=O)(=O)Nc2cccc(-c3cn(C)c4ncnc(N)c34)c2F)c1. The predicted molar refractivity (Wildman–Crippen MR) is 116 cm³/mol. The Kier molecular flexibility index (Phi) is 5.31. The third kappa shape index (κ3) is 3.55. The van der Waals surface area contributed by atoms with Gasteiger partial charge in [-0.2, -0.15) is 0 Å². The van der Waals surface area contributed by atoms with E-state index in [4.69, 9.17) is 5.73 Å². The molecule has 2 aromatic heterocycles. The molecule has 166 valence electrons. The lowest BCUT2D eigenvalue weighted by molar-refractivity contribution is 0.274. The summed E-state index contributed by atoms with van der Waals surface area (Å²) in [4.78, 5) is 7.41. The van der Waals surface area contributed by atoms with Crippen molar-refractivity contribution in [3.05, 3.63) is 65.6 Å². The lowest BCUT2D eigenvalue weighted by atomic mass is 10.0. The number of anilines is 2. The fourth-order valence-electron chi connectivity index (χ4n) is 3.58. The van der Waals surface area contributed by atoms with Crippen molar-refractivity contribution < 1.29 is 22.3 Å². The van der Waals surface area contributed by atoms with Crippen LogP contribution in [0.1, 0.15) is 11.1 Å². The van der Waals surface area contributed by atoms with Crippen LogP contribution < -0.4 is 10.5 Å². The van der Waals surface area contributed by atoms with Gasteiger partial charge in [-0.05, 0) is 24.6 Å². The number of nitrogen functional groups attached to an aromatic ring is 1. The summed E-state index contributed by atoms with van der Waals surface area (Å²) in [6.45, 7) is 0.885. The molecule has 0 aliphatic rings. The van der Waals surface area contributed by atoms with Crippen LogP contribution in [0.2, 0.25) is 0 Å². The lowest BCUT2D eigenvalue weighted by Gasteiger charge is -2.14. The Hall–Kier alpha value is -3.57. The number of aromatic nitrogens is 3. The molecule has 0 aliphatic carbocycles. The van der Waals surface area contributed by atoms with Gasteiger partial charge in [-0.1, -0.05) is 18.2 Å². The Morgan fingerprint density at radius 3 is 2.62 bits per heavy atom. The summed E-state index contributed by atoms with van der Waals surface area (Å²) < 4.78 is 59.6. The molecule has 0 atom stereocenters. The zero-order chi connectivity index (χ0) is 23.2. The summed E-state index contributed by atoms with van der Waals surface area (Å²) in [5.74, 6) is -1.82. The highest BCUT2D eigenvalue weighted by Gasteiger charge is 2.25. The Balaban J connectivity index is 1.83. The monoisotopic (exact) mass is 459 g/mol. The maximum absolute atomic E-state index is 15.4. The number of nitrogens with zero attached hydrogens (tertiary/aromatic N) is 3. The second-order valence-corrected chi connectivity index (χ2v) is 8.93. The number of rotatable bonds is 5. The Bertz CT molecular complexity index is 1470. The van der Waals surface area contributed by atoms with Crippen molar-refractivity contribution in [3.8, 4) is 11.1 Å². The van der Waals surface area contributed by atoms with Crippen LogP contribution in [-0.4, -0.2) is 28.1 Å². The van der Waals surface area contributed by atoms with Crippen molar-refractivity contribution in [1.29, 1.82) is 0 Å². The maximum Gasteiger partial charge on any atom is 0.264 e. The van der Waals surface area contributed by atoms with Crippen LogP contribution in [0, 0.1) is 18.6 Å². The van der Waals surface area contributed by atoms with Gasteiger partial charge in [0.15, 0.2) is 5.82 Å². The summed E-state index contributed by atoms with van der Waals surface area (Å²) in [5.41, 5.74) is 6.78. The molecular formula is C21H19F2N5O3S. The molecule has 4 N–H and O–H groups in total. The van der Waals surface area contributed by atoms with Gasteiger partial charge in [0.25, 0.3) is 10.0 Å². The molecule has 8 nitrogen and oxygen atoms in total. The highest BCUT2D eigenvalue weighted by Crippen LogP contribution is 2.36. The molecule has 0 spiro atoms. The minimum Gasteiger partial charge on any atom is -0.392 e. The highest BCUT2D eigenvalue weighted by atomic mass is 32.2. The molecule has 0 radical (unpaired) electrons. The largest absolute Gasteiger partial charge is 0.392 e. The second kappa shape index (κ2) is 7.84. The molecule has 32 heavy (non-hydrogen) atoms. The van der Waals surface area contributed by atoms with E-state index >= 15 is 4.39 Å². The first-order valence-electron chi connectivity index (χ1n) is 9.41. The summed E-state index contributed by atoms with van der Waals surface area (Å²) in [6.07, 6.45) is 2.90.